The first-order valence-electron chi connectivity index (χ1n) is 4.52. The molecule has 0 atom stereocenters. The molecule has 14 heavy (non-hydrogen) atoms. The molecule has 0 aromatic rings. The number of nitrogens with one attached hydrogen (secondary N) is 1. The summed E-state index contributed by atoms with van der Waals surface area (Å²) >= 11 is 0. The zero-order valence-electron chi connectivity index (χ0n) is 9.29. The van der Waals surface area contributed by atoms with Crippen LogP contribution in [0.25, 0.3) is 0 Å². The highest BCUT2D eigenvalue weighted by molar-refractivity contribution is 6.45. The Morgan fingerprint density at radius 1 is 1.43 bits per heavy atom. The Balaban J connectivity index is 4.33. The Morgan fingerprint density at radius 2 is 1.93 bits per heavy atom. The van der Waals surface area contributed by atoms with Crippen molar-refractivity contribution in [1.82, 2.24) is 0 Å². The number of nitrogens with two attached hydrogens (primary N) is 1. The van der Waals surface area contributed by atoms with Crippen molar-refractivity contribution >= 4 is 13.7 Å². The second-order valence-corrected chi connectivity index (χ2v) is 4.24. The van der Waals surface area contributed by atoms with Gasteiger partial charge >= 0.3 is 7.48 Å². The lowest BCUT2D eigenvalue weighted by Gasteiger charge is -2.37. The average Bonchev–Trinajstić information content (AvgIpc) is 2.04. The van der Waals surface area contributed by atoms with E-state index in [4.69, 9.17) is 15.8 Å². The van der Waals surface area contributed by atoms with Gasteiger partial charge in [-0.3, -0.25) is 0 Å². The highest BCUT2D eigenvalue weighted by Gasteiger charge is 2.35. The van der Waals surface area contributed by atoms with Gasteiger partial charge in [0.05, 0.1) is 11.2 Å². The number of rotatable bonds is 5. The van der Waals surface area contributed by atoms with Crippen LogP contribution in [0.4, 0.5) is 0 Å². The molecule has 0 aromatic carbocycles. The van der Waals surface area contributed by atoms with E-state index in [1.54, 1.807) is 27.7 Å². The van der Waals surface area contributed by atoms with Crippen LogP contribution < -0.4 is 5.73 Å². The summed E-state index contributed by atoms with van der Waals surface area (Å²) in [4.78, 5) is 0. The molecule has 0 aliphatic rings. The second kappa shape index (κ2) is 4.62. The third-order valence-electron chi connectivity index (χ3n) is 2.47. The van der Waals surface area contributed by atoms with Gasteiger partial charge in [0.2, 0.25) is 0 Å². The Kier molecular flexibility index (Phi) is 4.35. The molecule has 0 aliphatic heterocycles. The summed E-state index contributed by atoms with van der Waals surface area (Å²) in [5, 5.41) is 16.8. The molecule has 0 aliphatic carbocycles. The summed E-state index contributed by atoms with van der Waals surface area (Å²) in [5.74, 6) is 0. The van der Waals surface area contributed by atoms with E-state index in [-0.39, 0.29) is 7.48 Å². The predicted octanol–water partition coefficient (Wildman–Crippen LogP) is 0.354. The Morgan fingerprint density at radius 3 is 2.21 bits per heavy atom. The zero-order chi connectivity index (χ0) is 11.4. The Labute approximate surface area is 85.9 Å². The third kappa shape index (κ3) is 3.51. The largest absolute Gasteiger partial charge is 0.427 e. The Bertz CT molecular complexity index is 231. The van der Waals surface area contributed by atoms with Gasteiger partial charge in [-0.15, -0.1) is 0 Å². The minimum Gasteiger partial charge on any atom is -0.427 e. The molecule has 0 unspecified atom stereocenters. The van der Waals surface area contributed by atoms with E-state index in [0.29, 0.717) is 5.47 Å². The van der Waals surface area contributed by atoms with Crippen LogP contribution in [0.3, 0.4) is 0 Å². The van der Waals surface area contributed by atoms with Gasteiger partial charge in [0.1, 0.15) is 0 Å². The van der Waals surface area contributed by atoms with Crippen molar-refractivity contribution in [3.63, 3.8) is 0 Å². The summed E-state index contributed by atoms with van der Waals surface area (Å²) in [5.41, 5.74) is 4.24. The van der Waals surface area contributed by atoms with Crippen LogP contribution in [0.1, 0.15) is 27.7 Å². The second-order valence-electron chi connectivity index (χ2n) is 4.24. The molecule has 5 heteroatoms. The van der Waals surface area contributed by atoms with Crippen LogP contribution in [0.15, 0.2) is 11.7 Å². The smallest absolute Gasteiger partial charge is 0.312 e. The molecule has 4 nitrogen and oxygen atoms in total. The van der Waals surface area contributed by atoms with Gasteiger partial charge in [-0.25, -0.2) is 0 Å². The molecule has 0 rings (SSSR count). The highest BCUT2D eigenvalue weighted by Crippen LogP contribution is 2.24. The monoisotopic (exact) mass is 198 g/mol. The lowest BCUT2D eigenvalue weighted by Crippen LogP contribution is -2.48. The van der Waals surface area contributed by atoms with Crippen LogP contribution in [0, 0.1) is 5.41 Å². The number of allylic oxidation sites excluding steroid dienone is 1. The van der Waals surface area contributed by atoms with E-state index in [0.717, 1.165) is 6.21 Å². The lowest BCUT2D eigenvalue weighted by atomic mass is 9.83. The minimum absolute atomic E-state index is 0.233. The van der Waals surface area contributed by atoms with Gasteiger partial charge < -0.3 is 20.9 Å². The van der Waals surface area contributed by atoms with Crippen molar-refractivity contribution in [2.75, 3.05) is 0 Å². The molecule has 4 N–H and O–H groups in total. The number of aliphatic hydroxyl groups is 1. The molecule has 0 heterocycles. The van der Waals surface area contributed by atoms with E-state index < -0.39 is 11.2 Å². The fourth-order valence-electron chi connectivity index (χ4n) is 0.578. The summed E-state index contributed by atoms with van der Waals surface area (Å²) in [6.45, 7) is 6.96. The van der Waals surface area contributed by atoms with E-state index >= 15 is 0 Å². The molecule has 0 bridgehead atoms. The quantitative estimate of drug-likeness (QED) is 0.440. The topological polar surface area (TPSA) is 79.3 Å². The molecule has 0 saturated carbocycles. The van der Waals surface area contributed by atoms with Crippen LogP contribution in [0.5, 0.6) is 0 Å². The SMILES string of the molecule is CC(C)(O)C(C)(C)OB/C(C=N)=C/N. The van der Waals surface area contributed by atoms with Crippen molar-refractivity contribution in [3.8, 4) is 0 Å². The molecule has 0 aromatic heterocycles. The van der Waals surface area contributed by atoms with Crippen molar-refractivity contribution in [1.29, 1.82) is 5.41 Å². The normalized spacial score (nSPS) is 13.9. The lowest BCUT2D eigenvalue weighted by molar-refractivity contribution is -0.0895. The van der Waals surface area contributed by atoms with Crippen molar-refractivity contribution in [2.45, 2.75) is 38.9 Å². The molecular formula is C9H19BN2O2. The first kappa shape index (κ1) is 13.2. The fourth-order valence-corrected chi connectivity index (χ4v) is 0.578. The van der Waals surface area contributed by atoms with E-state index in [2.05, 4.69) is 0 Å². The standard InChI is InChI=1S/C9H19BN2O2/c1-8(2,13)9(3,4)14-10-7(5-11)6-12/h5-6,10-11,13H,12H2,1-4H3/b7-6+,11-5?. The van der Waals surface area contributed by atoms with Crippen LogP contribution in [-0.4, -0.2) is 30.0 Å². The molecular weight excluding hydrogens is 179 g/mol. The van der Waals surface area contributed by atoms with Crippen LogP contribution in [-0.2, 0) is 4.65 Å². The van der Waals surface area contributed by atoms with Gasteiger partial charge in [0.25, 0.3) is 0 Å². The van der Waals surface area contributed by atoms with Gasteiger partial charge in [-0.05, 0) is 39.4 Å². The van der Waals surface area contributed by atoms with E-state index in [9.17, 15) is 5.11 Å². The summed E-state index contributed by atoms with van der Waals surface area (Å²) in [7, 11) is 0.233. The van der Waals surface area contributed by atoms with E-state index in [1.807, 2.05) is 0 Å². The molecule has 80 valence electrons. The maximum Gasteiger partial charge on any atom is 0.312 e. The Hall–Kier alpha value is -0.805. The van der Waals surface area contributed by atoms with Crippen molar-refractivity contribution in [2.24, 2.45) is 5.73 Å². The maximum atomic E-state index is 9.77. The first-order chi connectivity index (χ1) is 6.24. The molecule has 0 amide bonds. The van der Waals surface area contributed by atoms with Crippen molar-refractivity contribution in [3.05, 3.63) is 11.7 Å². The van der Waals surface area contributed by atoms with Gasteiger partial charge in [0, 0.05) is 6.21 Å². The minimum atomic E-state index is -0.936. The molecule has 0 fully saturated rings. The summed E-state index contributed by atoms with van der Waals surface area (Å²) in [6.07, 6.45) is 2.47. The van der Waals surface area contributed by atoms with Crippen LogP contribution >= 0.6 is 0 Å². The summed E-state index contributed by atoms with van der Waals surface area (Å²) < 4.78 is 5.49. The average molecular weight is 198 g/mol. The highest BCUT2D eigenvalue weighted by atomic mass is 16.5. The predicted molar refractivity (Wildman–Crippen MR) is 59.7 cm³/mol. The van der Waals surface area contributed by atoms with Gasteiger partial charge in [-0.2, -0.15) is 0 Å². The van der Waals surface area contributed by atoms with E-state index in [1.165, 1.54) is 6.20 Å². The number of hydrogen-bond donors (Lipinski definition) is 3. The summed E-state index contributed by atoms with van der Waals surface area (Å²) in [6, 6.07) is 0. The van der Waals surface area contributed by atoms with Gasteiger partial charge in [0.15, 0.2) is 0 Å². The van der Waals surface area contributed by atoms with Crippen molar-refractivity contribution < 1.29 is 9.76 Å². The van der Waals surface area contributed by atoms with Crippen LogP contribution in [0.2, 0.25) is 0 Å². The van der Waals surface area contributed by atoms with Gasteiger partial charge in [-0.1, -0.05) is 0 Å². The molecule has 0 saturated heterocycles. The number of hydrogen-bond acceptors (Lipinski definition) is 4. The fraction of sp³-hybridized carbons (Fsp3) is 0.667. The molecule has 0 spiro atoms. The third-order valence-corrected chi connectivity index (χ3v) is 2.47. The molecule has 0 radical (unpaired) electrons. The maximum absolute atomic E-state index is 9.77. The zero-order valence-corrected chi connectivity index (χ0v) is 9.29. The first-order valence-corrected chi connectivity index (χ1v) is 4.52.